The third kappa shape index (κ3) is 4.08. The number of alkyl halides is 3. The molecule has 2 aromatic carbocycles. The Labute approximate surface area is 158 Å². The number of hydrogen-bond donors (Lipinski definition) is 1. The predicted octanol–water partition coefficient (Wildman–Crippen LogP) is 4.57. The highest BCUT2D eigenvalue weighted by molar-refractivity contribution is 7.71. The Bertz CT molecular complexity index is 1020. The van der Waals surface area contributed by atoms with Crippen molar-refractivity contribution in [1.82, 2.24) is 14.9 Å². The van der Waals surface area contributed by atoms with E-state index in [1.165, 1.54) is 22.9 Å². The minimum Gasteiger partial charge on any atom is -0.378 e. The number of halogens is 3. The summed E-state index contributed by atoms with van der Waals surface area (Å²) in [5.41, 5.74) is 0.916. The molecule has 0 aliphatic rings. The van der Waals surface area contributed by atoms with E-state index in [9.17, 15) is 13.2 Å². The molecular weight excluding hydrogens is 375 g/mol. The largest absolute Gasteiger partial charge is 0.417 e. The third-order valence-corrected chi connectivity index (χ3v) is 4.14. The summed E-state index contributed by atoms with van der Waals surface area (Å²) in [5, 5.41) is 10.9. The number of anilines is 1. The maximum absolute atomic E-state index is 13.1. The van der Waals surface area contributed by atoms with Gasteiger partial charge in [0.05, 0.1) is 11.8 Å². The highest BCUT2D eigenvalue weighted by atomic mass is 32.1. The molecule has 3 aromatic rings. The molecule has 5 nitrogen and oxygen atoms in total. The van der Waals surface area contributed by atoms with Crippen LogP contribution in [-0.4, -0.2) is 35.2 Å². The highest BCUT2D eigenvalue weighted by Crippen LogP contribution is 2.31. The number of nitrogens with one attached hydrogen (secondary N) is 1. The van der Waals surface area contributed by atoms with E-state index in [2.05, 4.69) is 15.3 Å². The quantitative estimate of drug-likeness (QED) is 0.523. The predicted molar refractivity (Wildman–Crippen MR) is 102 cm³/mol. The van der Waals surface area contributed by atoms with E-state index in [1.54, 1.807) is 0 Å². The first-order chi connectivity index (χ1) is 12.8. The fraction of sp³-hybridized carbons (Fsp3) is 0.167. The summed E-state index contributed by atoms with van der Waals surface area (Å²) < 4.78 is 40.9. The molecule has 1 aromatic heterocycles. The fourth-order valence-electron chi connectivity index (χ4n) is 2.48. The van der Waals surface area contributed by atoms with E-state index in [0.717, 1.165) is 23.5 Å². The van der Waals surface area contributed by atoms with Crippen LogP contribution in [0.1, 0.15) is 11.1 Å². The van der Waals surface area contributed by atoms with Gasteiger partial charge in [0.25, 0.3) is 0 Å². The van der Waals surface area contributed by atoms with E-state index in [1.807, 2.05) is 43.3 Å². The maximum atomic E-state index is 13.1. The van der Waals surface area contributed by atoms with Crippen molar-refractivity contribution in [3.05, 3.63) is 64.4 Å². The van der Waals surface area contributed by atoms with Crippen molar-refractivity contribution in [1.29, 1.82) is 0 Å². The van der Waals surface area contributed by atoms with Gasteiger partial charge in [-0.15, -0.1) is 0 Å². The maximum Gasteiger partial charge on any atom is 0.417 e. The lowest BCUT2D eigenvalue weighted by atomic mass is 10.1. The summed E-state index contributed by atoms with van der Waals surface area (Å²) in [6, 6.07) is 12.7. The van der Waals surface area contributed by atoms with E-state index in [0.29, 0.717) is 5.82 Å². The van der Waals surface area contributed by atoms with E-state index >= 15 is 0 Å². The minimum atomic E-state index is -4.47. The van der Waals surface area contributed by atoms with Crippen molar-refractivity contribution in [2.24, 2.45) is 5.10 Å². The molecule has 0 unspecified atom stereocenters. The van der Waals surface area contributed by atoms with Crippen LogP contribution in [-0.2, 0) is 6.18 Å². The zero-order chi connectivity index (χ0) is 19.6. The Hall–Kier alpha value is -2.94. The molecule has 1 N–H and O–H groups in total. The van der Waals surface area contributed by atoms with Gasteiger partial charge < -0.3 is 4.90 Å². The number of aromatic amines is 1. The van der Waals surface area contributed by atoms with Crippen molar-refractivity contribution in [3.8, 4) is 11.4 Å². The number of aromatic nitrogens is 3. The second kappa shape index (κ2) is 7.36. The summed E-state index contributed by atoms with van der Waals surface area (Å²) in [6.07, 6.45) is -3.34. The van der Waals surface area contributed by atoms with Gasteiger partial charge in [0.15, 0.2) is 5.82 Å². The molecule has 0 saturated heterocycles. The Morgan fingerprint density at radius 3 is 2.41 bits per heavy atom. The number of H-pyrrole nitrogens is 1. The van der Waals surface area contributed by atoms with Crippen LogP contribution in [0, 0.1) is 4.77 Å². The summed E-state index contributed by atoms with van der Waals surface area (Å²) in [5.74, 6) is 0.408. The summed E-state index contributed by atoms with van der Waals surface area (Å²) in [6.45, 7) is 0. The first-order valence-electron chi connectivity index (χ1n) is 7.93. The summed E-state index contributed by atoms with van der Waals surface area (Å²) in [7, 11) is 3.85. The zero-order valence-electron chi connectivity index (χ0n) is 14.5. The van der Waals surface area contributed by atoms with Crippen LogP contribution in [0.5, 0.6) is 0 Å². The van der Waals surface area contributed by atoms with Crippen molar-refractivity contribution >= 4 is 24.1 Å². The van der Waals surface area contributed by atoms with Gasteiger partial charge in [-0.25, -0.2) is 5.10 Å². The molecule has 0 saturated carbocycles. The average Bonchev–Trinajstić information content (AvgIpc) is 3.00. The molecule has 27 heavy (non-hydrogen) atoms. The minimum absolute atomic E-state index is 0.0537. The Morgan fingerprint density at radius 2 is 1.78 bits per heavy atom. The molecule has 9 heteroatoms. The summed E-state index contributed by atoms with van der Waals surface area (Å²) in [4.78, 5) is 1.95. The van der Waals surface area contributed by atoms with Crippen LogP contribution >= 0.6 is 12.2 Å². The number of hydrogen-bond acceptors (Lipinski definition) is 4. The molecule has 0 aliphatic carbocycles. The average molecular weight is 391 g/mol. The lowest BCUT2D eigenvalue weighted by molar-refractivity contribution is -0.137. The SMILES string of the molecule is CN(C)c1ccc(-c2n[nH]c(=S)n2N=Cc2ccccc2C(F)(F)F)cc1. The molecule has 3 rings (SSSR count). The molecule has 0 aliphatic heterocycles. The lowest BCUT2D eigenvalue weighted by Crippen LogP contribution is -2.09. The van der Waals surface area contributed by atoms with Crippen LogP contribution in [0.2, 0.25) is 0 Å². The standard InChI is InChI=1S/C18H16F3N5S/c1-25(2)14-9-7-12(8-10-14)16-23-24-17(27)26(16)22-11-13-5-3-4-6-15(13)18(19,20)21/h3-11H,1-2H3,(H,24,27). The molecule has 0 spiro atoms. The zero-order valence-corrected chi connectivity index (χ0v) is 15.3. The number of benzene rings is 2. The molecular formula is C18H16F3N5S. The molecule has 0 fully saturated rings. The van der Waals surface area contributed by atoms with Crippen molar-refractivity contribution in [2.45, 2.75) is 6.18 Å². The second-order valence-corrected chi connectivity index (χ2v) is 6.32. The first-order valence-corrected chi connectivity index (χ1v) is 8.34. The summed E-state index contributed by atoms with van der Waals surface area (Å²) >= 11 is 5.16. The van der Waals surface area contributed by atoms with Gasteiger partial charge in [-0.1, -0.05) is 18.2 Å². The van der Waals surface area contributed by atoms with Crippen LogP contribution in [0.25, 0.3) is 11.4 Å². The van der Waals surface area contributed by atoms with Gasteiger partial charge in [-0.3, -0.25) is 0 Å². The first kappa shape index (κ1) is 18.8. The Kier molecular flexibility index (Phi) is 5.13. The fourth-order valence-corrected chi connectivity index (χ4v) is 2.66. The van der Waals surface area contributed by atoms with Crippen LogP contribution in [0.15, 0.2) is 53.6 Å². The van der Waals surface area contributed by atoms with Gasteiger partial charge in [-0.05, 0) is 42.5 Å². The van der Waals surface area contributed by atoms with Crippen molar-refractivity contribution in [2.75, 3.05) is 19.0 Å². The monoisotopic (exact) mass is 391 g/mol. The van der Waals surface area contributed by atoms with Gasteiger partial charge >= 0.3 is 6.18 Å². The van der Waals surface area contributed by atoms with Crippen molar-refractivity contribution < 1.29 is 13.2 Å². The lowest BCUT2D eigenvalue weighted by Gasteiger charge is -2.12. The van der Waals surface area contributed by atoms with Gasteiger partial charge in [0.1, 0.15) is 0 Å². The Morgan fingerprint density at radius 1 is 1.11 bits per heavy atom. The highest BCUT2D eigenvalue weighted by Gasteiger charge is 2.32. The van der Waals surface area contributed by atoms with Crippen molar-refractivity contribution in [3.63, 3.8) is 0 Å². The van der Waals surface area contributed by atoms with Gasteiger partial charge in [0.2, 0.25) is 4.77 Å². The number of nitrogens with zero attached hydrogens (tertiary/aromatic N) is 4. The van der Waals surface area contributed by atoms with Gasteiger partial charge in [-0.2, -0.15) is 28.0 Å². The van der Waals surface area contributed by atoms with E-state index in [-0.39, 0.29) is 10.3 Å². The van der Waals surface area contributed by atoms with Crippen LogP contribution in [0.3, 0.4) is 0 Å². The van der Waals surface area contributed by atoms with E-state index < -0.39 is 11.7 Å². The molecule has 0 atom stereocenters. The third-order valence-electron chi connectivity index (χ3n) is 3.87. The molecule has 140 valence electrons. The molecule has 0 bridgehead atoms. The number of rotatable bonds is 4. The van der Waals surface area contributed by atoms with Crippen LogP contribution < -0.4 is 4.90 Å². The van der Waals surface area contributed by atoms with Gasteiger partial charge in [0, 0.05) is 30.9 Å². The topological polar surface area (TPSA) is 49.2 Å². The van der Waals surface area contributed by atoms with Crippen LogP contribution in [0.4, 0.5) is 18.9 Å². The molecule has 0 amide bonds. The Balaban J connectivity index is 1.99. The second-order valence-electron chi connectivity index (χ2n) is 5.94. The van der Waals surface area contributed by atoms with E-state index in [4.69, 9.17) is 12.2 Å². The molecule has 1 heterocycles. The smallest absolute Gasteiger partial charge is 0.378 e. The normalized spacial score (nSPS) is 11.9. The molecule has 0 radical (unpaired) electrons.